The van der Waals surface area contributed by atoms with Gasteiger partial charge in [-0.2, -0.15) is 0 Å². The molecular formula is C19H14ClFN4O2S. The van der Waals surface area contributed by atoms with Gasteiger partial charge in [0.25, 0.3) is 0 Å². The van der Waals surface area contributed by atoms with Crippen LogP contribution in [0.1, 0.15) is 5.56 Å². The van der Waals surface area contributed by atoms with Crippen molar-refractivity contribution in [2.45, 2.75) is 10.9 Å². The molecule has 0 amide bonds. The molecule has 0 bridgehead atoms. The fraction of sp³-hybridized carbons (Fsp3) is 0.105. The topological polar surface area (TPSA) is 61.4 Å². The van der Waals surface area contributed by atoms with Crippen LogP contribution in [-0.4, -0.2) is 26.3 Å². The molecule has 0 unspecified atom stereocenters. The van der Waals surface area contributed by atoms with Gasteiger partial charge in [-0.1, -0.05) is 29.4 Å². The molecule has 2 heterocycles. The minimum absolute atomic E-state index is 0.181. The second-order valence-corrected chi connectivity index (χ2v) is 7.19. The summed E-state index contributed by atoms with van der Waals surface area (Å²) in [6.45, 7) is 0. The minimum atomic E-state index is -0.379. The van der Waals surface area contributed by atoms with Crippen LogP contribution in [0, 0.1) is 5.82 Å². The van der Waals surface area contributed by atoms with Gasteiger partial charge in [0, 0.05) is 34.4 Å². The lowest BCUT2D eigenvalue weighted by molar-refractivity contribution is 0.414. The van der Waals surface area contributed by atoms with E-state index in [2.05, 4.69) is 10.2 Å². The Bertz CT molecular complexity index is 1190. The Morgan fingerprint density at radius 1 is 1.14 bits per heavy atom. The molecule has 0 aliphatic rings. The van der Waals surface area contributed by atoms with E-state index in [4.69, 9.17) is 16.3 Å². The van der Waals surface area contributed by atoms with Crippen molar-refractivity contribution in [3.05, 3.63) is 81.6 Å². The van der Waals surface area contributed by atoms with Crippen LogP contribution in [0.3, 0.4) is 0 Å². The summed E-state index contributed by atoms with van der Waals surface area (Å²) in [7, 11) is 1.58. The zero-order valence-corrected chi connectivity index (χ0v) is 16.2. The van der Waals surface area contributed by atoms with E-state index in [0.717, 1.165) is 0 Å². The number of hydrogen-bond acceptors (Lipinski definition) is 5. The lowest BCUT2D eigenvalue weighted by atomic mass is 10.2. The quantitative estimate of drug-likeness (QED) is 0.461. The number of benzene rings is 2. The van der Waals surface area contributed by atoms with Crippen LogP contribution in [0.4, 0.5) is 4.39 Å². The van der Waals surface area contributed by atoms with Crippen molar-refractivity contribution in [3.8, 4) is 11.4 Å². The molecule has 9 heteroatoms. The van der Waals surface area contributed by atoms with Crippen LogP contribution in [0.25, 0.3) is 11.3 Å². The fourth-order valence-corrected chi connectivity index (χ4v) is 3.98. The van der Waals surface area contributed by atoms with Crippen LogP contribution >= 0.6 is 23.4 Å². The van der Waals surface area contributed by atoms with E-state index in [1.807, 2.05) is 0 Å². The Morgan fingerprint density at radius 3 is 2.64 bits per heavy atom. The van der Waals surface area contributed by atoms with Crippen LogP contribution < -0.4 is 10.3 Å². The van der Waals surface area contributed by atoms with Crippen molar-refractivity contribution >= 4 is 29.0 Å². The summed E-state index contributed by atoms with van der Waals surface area (Å²) in [6.07, 6.45) is 3.34. The number of hydrogen-bond donors (Lipinski definition) is 0. The highest BCUT2D eigenvalue weighted by atomic mass is 35.5. The van der Waals surface area contributed by atoms with Crippen molar-refractivity contribution in [1.82, 2.24) is 19.2 Å². The van der Waals surface area contributed by atoms with Gasteiger partial charge in [-0.05, 0) is 36.4 Å². The molecule has 0 N–H and O–H groups in total. The molecular weight excluding hydrogens is 403 g/mol. The third kappa shape index (κ3) is 3.36. The number of rotatable bonds is 5. The van der Waals surface area contributed by atoms with E-state index >= 15 is 0 Å². The van der Waals surface area contributed by atoms with E-state index < -0.39 is 0 Å². The predicted molar refractivity (Wildman–Crippen MR) is 106 cm³/mol. The Kier molecular flexibility index (Phi) is 5.06. The molecule has 4 aromatic rings. The van der Waals surface area contributed by atoms with Crippen molar-refractivity contribution in [3.63, 3.8) is 0 Å². The molecule has 28 heavy (non-hydrogen) atoms. The van der Waals surface area contributed by atoms with Gasteiger partial charge in [-0.25, -0.2) is 4.39 Å². The predicted octanol–water partition coefficient (Wildman–Crippen LogP) is 3.97. The fourth-order valence-electron chi connectivity index (χ4n) is 2.72. The maximum Gasteiger partial charge on any atom is 0.300 e. The van der Waals surface area contributed by atoms with Gasteiger partial charge < -0.3 is 4.74 Å². The SMILES string of the molecule is COc1ccc(-n2ccn3c(SCc4c(F)cccc4Cl)nnc3c2=O)cc1. The van der Waals surface area contributed by atoms with Gasteiger partial charge in [-0.3, -0.25) is 13.8 Å². The summed E-state index contributed by atoms with van der Waals surface area (Å²) >= 11 is 7.32. The number of thioether (sulfide) groups is 1. The van der Waals surface area contributed by atoms with Gasteiger partial charge in [-0.15, -0.1) is 10.2 Å². The lowest BCUT2D eigenvalue weighted by Crippen LogP contribution is -2.20. The molecule has 0 radical (unpaired) electrons. The van der Waals surface area contributed by atoms with E-state index in [-0.39, 0.29) is 22.8 Å². The highest BCUT2D eigenvalue weighted by molar-refractivity contribution is 7.98. The first-order chi connectivity index (χ1) is 13.6. The summed E-state index contributed by atoms with van der Waals surface area (Å²) in [5, 5.41) is 8.90. The van der Waals surface area contributed by atoms with E-state index in [1.54, 1.807) is 60.3 Å². The zero-order valence-electron chi connectivity index (χ0n) is 14.7. The Hall–Kier alpha value is -2.84. The second kappa shape index (κ2) is 7.65. The zero-order chi connectivity index (χ0) is 19.7. The first-order valence-corrected chi connectivity index (χ1v) is 9.61. The molecule has 0 aliphatic heterocycles. The van der Waals surface area contributed by atoms with Gasteiger partial charge >= 0.3 is 5.56 Å². The monoisotopic (exact) mass is 416 g/mol. The molecule has 0 aliphatic carbocycles. The molecule has 2 aromatic heterocycles. The van der Waals surface area contributed by atoms with E-state index in [9.17, 15) is 9.18 Å². The number of ether oxygens (including phenoxy) is 1. The Morgan fingerprint density at radius 2 is 1.93 bits per heavy atom. The average Bonchev–Trinajstić information content (AvgIpc) is 3.12. The molecule has 0 saturated carbocycles. The van der Waals surface area contributed by atoms with Crippen LogP contribution in [-0.2, 0) is 5.75 Å². The normalized spacial score (nSPS) is 11.1. The molecule has 4 rings (SSSR count). The largest absolute Gasteiger partial charge is 0.497 e. The highest BCUT2D eigenvalue weighted by Crippen LogP contribution is 2.27. The molecule has 0 saturated heterocycles. The number of methoxy groups -OCH3 is 1. The molecule has 0 fully saturated rings. The summed E-state index contributed by atoms with van der Waals surface area (Å²) in [5.74, 6) is 0.593. The summed E-state index contributed by atoms with van der Waals surface area (Å²) in [5.41, 5.74) is 0.942. The van der Waals surface area contributed by atoms with Crippen LogP contribution in [0.15, 0.2) is 64.8 Å². The van der Waals surface area contributed by atoms with Gasteiger partial charge in [0.1, 0.15) is 11.6 Å². The lowest BCUT2D eigenvalue weighted by Gasteiger charge is -2.08. The number of aromatic nitrogens is 4. The molecule has 0 atom stereocenters. The number of halogens is 2. The number of nitrogens with zero attached hydrogens (tertiary/aromatic N) is 4. The Labute approximate surface area is 168 Å². The third-order valence-electron chi connectivity index (χ3n) is 4.20. The molecule has 0 spiro atoms. The average molecular weight is 417 g/mol. The molecule has 2 aromatic carbocycles. The van der Waals surface area contributed by atoms with Gasteiger partial charge in [0.05, 0.1) is 7.11 Å². The van der Waals surface area contributed by atoms with E-state index in [1.165, 1.54) is 22.4 Å². The van der Waals surface area contributed by atoms with Crippen molar-refractivity contribution in [2.75, 3.05) is 7.11 Å². The summed E-state index contributed by atoms with van der Waals surface area (Å²) in [6, 6.07) is 11.7. The van der Waals surface area contributed by atoms with Gasteiger partial charge in [0.2, 0.25) is 5.65 Å². The maximum absolute atomic E-state index is 13.9. The summed E-state index contributed by atoms with van der Waals surface area (Å²) in [4.78, 5) is 12.8. The molecule has 142 valence electrons. The van der Waals surface area contributed by atoms with Gasteiger partial charge in [0.15, 0.2) is 5.16 Å². The Balaban J connectivity index is 1.65. The third-order valence-corrected chi connectivity index (χ3v) is 5.52. The van der Waals surface area contributed by atoms with Crippen molar-refractivity contribution in [2.24, 2.45) is 0 Å². The van der Waals surface area contributed by atoms with Crippen molar-refractivity contribution < 1.29 is 9.13 Å². The molecule has 6 nitrogen and oxygen atoms in total. The van der Waals surface area contributed by atoms with Crippen molar-refractivity contribution in [1.29, 1.82) is 0 Å². The first-order valence-electron chi connectivity index (χ1n) is 8.25. The van der Waals surface area contributed by atoms with E-state index in [0.29, 0.717) is 27.2 Å². The second-order valence-electron chi connectivity index (χ2n) is 5.84. The minimum Gasteiger partial charge on any atom is -0.497 e. The maximum atomic E-state index is 13.9. The first kappa shape index (κ1) is 18.5. The number of fused-ring (bicyclic) bond motifs is 1. The smallest absolute Gasteiger partial charge is 0.300 e. The van der Waals surface area contributed by atoms with Crippen LogP contribution in [0.2, 0.25) is 5.02 Å². The van der Waals surface area contributed by atoms with Crippen LogP contribution in [0.5, 0.6) is 5.75 Å². The summed E-state index contributed by atoms with van der Waals surface area (Å²) < 4.78 is 22.1. The standard InChI is InChI=1S/C19H14ClFN4O2S/c1-27-13-7-5-12(6-8-13)24-9-10-25-17(18(24)26)22-23-19(25)28-11-14-15(20)3-2-4-16(14)21/h2-10H,11H2,1H3. The highest BCUT2D eigenvalue weighted by Gasteiger charge is 2.14.